The van der Waals surface area contributed by atoms with E-state index in [9.17, 15) is 4.39 Å². The summed E-state index contributed by atoms with van der Waals surface area (Å²) in [7, 11) is 1.62. The maximum Gasteiger partial charge on any atom is 0.189 e. The van der Waals surface area contributed by atoms with Crippen LogP contribution in [0, 0.1) is 5.82 Å². The van der Waals surface area contributed by atoms with Gasteiger partial charge in [-0.15, -0.1) is 24.0 Å². The van der Waals surface area contributed by atoms with Gasteiger partial charge in [-0.1, -0.05) is 35.9 Å². The Kier molecular flexibility index (Phi) is 6.89. The summed E-state index contributed by atoms with van der Waals surface area (Å²) in [5.41, 5.74) is 7.44. The number of methoxy groups -OCH3 is 1. The molecule has 2 aromatic carbocycles. The minimum atomic E-state index is -0.277. The molecule has 1 saturated carbocycles. The molecule has 0 radical (unpaired) electrons. The molecule has 2 atom stereocenters. The first-order valence-corrected chi connectivity index (χ1v) is 8.10. The molecule has 1 aliphatic rings. The van der Waals surface area contributed by atoms with Crippen molar-refractivity contribution in [1.29, 1.82) is 0 Å². The highest BCUT2D eigenvalue weighted by molar-refractivity contribution is 14.0. The van der Waals surface area contributed by atoms with Crippen LogP contribution in [0.4, 0.5) is 4.39 Å². The van der Waals surface area contributed by atoms with Crippen LogP contribution < -0.4 is 15.8 Å². The van der Waals surface area contributed by atoms with Crippen molar-refractivity contribution in [3.8, 4) is 5.75 Å². The monoisotopic (exact) mass is 475 g/mol. The van der Waals surface area contributed by atoms with Crippen molar-refractivity contribution in [2.24, 2.45) is 10.7 Å². The van der Waals surface area contributed by atoms with Gasteiger partial charge in [-0.3, -0.25) is 0 Å². The highest BCUT2D eigenvalue weighted by Gasteiger charge is 2.41. The molecule has 1 aliphatic carbocycles. The van der Waals surface area contributed by atoms with Crippen LogP contribution in [0.25, 0.3) is 0 Å². The Balaban J connectivity index is 0.00000225. The quantitative estimate of drug-likeness (QED) is 0.389. The molecular weight excluding hydrogens is 456 g/mol. The van der Waals surface area contributed by atoms with Crippen LogP contribution in [0.3, 0.4) is 0 Å². The Labute approximate surface area is 168 Å². The number of nitrogens with zero attached hydrogens (tertiary/aromatic N) is 1. The molecule has 0 aliphatic heterocycles. The van der Waals surface area contributed by atoms with Gasteiger partial charge in [0.2, 0.25) is 0 Å². The number of benzene rings is 2. The van der Waals surface area contributed by atoms with Crippen molar-refractivity contribution >= 4 is 41.5 Å². The summed E-state index contributed by atoms with van der Waals surface area (Å²) >= 11 is 6.10. The number of hydrogen-bond donors (Lipinski definition) is 2. The molecule has 4 nitrogen and oxygen atoms in total. The SMILES string of the molecule is COc1ccccc1CN=C(N)N[C@@H]1C[C@H]1c1c(F)cccc1Cl.I. The summed E-state index contributed by atoms with van der Waals surface area (Å²) in [6.07, 6.45) is 0.783. The number of para-hydroxylation sites is 1. The van der Waals surface area contributed by atoms with Crippen LogP contribution in [0.5, 0.6) is 5.75 Å². The van der Waals surface area contributed by atoms with Gasteiger partial charge in [-0.25, -0.2) is 9.38 Å². The molecule has 2 aromatic rings. The summed E-state index contributed by atoms with van der Waals surface area (Å²) in [6, 6.07) is 12.4. The Hall–Kier alpha value is -1.54. The maximum atomic E-state index is 13.9. The van der Waals surface area contributed by atoms with E-state index in [2.05, 4.69) is 10.3 Å². The minimum Gasteiger partial charge on any atom is -0.496 e. The number of hydrogen-bond acceptors (Lipinski definition) is 2. The molecule has 3 rings (SSSR count). The third-order valence-electron chi connectivity index (χ3n) is 4.11. The second-order valence-electron chi connectivity index (χ2n) is 5.74. The molecule has 1 fully saturated rings. The van der Waals surface area contributed by atoms with Gasteiger partial charge in [-0.05, 0) is 24.6 Å². The summed E-state index contributed by atoms with van der Waals surface area (Å²) in [5, 5.41) is 3.58. The predicted octanol–water partition coefficient (Wildman–Crippen LogP) is 4.07. The molecule has 0 heterocycles. The average Bonchev–Trinajstić information content (AvgIpc) is 3.31. The van der Waals surface area contributed by atoms with Gasteiger partial charge in [0.1, 0.15) is 11.6 Å². The number of rotatable bonds is 5. The van der Waals surface area contributed by atoms with Crippen LogP contribution in [0.1, 0.15) is 23.5 Å². The van der Waals surface area contributed by atoms with Crippen molar-refractivity contribution in [2.75, 3.05) is 7.11 Å². The second-order valence-corrected chi connectivity index (χ2v) is 6.15. The number of halogens is 3. The molecule has 25 heavy (non-hydrogen) atoms. The largest absolute Gasteiger partial charge is 0.496 e. The molecule has 3 N–H and O–H groups in total. The molecule has 0 spiro atoms. The summed E-state index contributed by atoms with van der Waals surface area (Å²) in [4.78, 5) is 4.33. The number of guanidine groups is 1. The topological polar surface area (TPSA) is 59.6 Å². The van der Waals surface area contributed by atoms with E-state index in [0.717, 1.165) is 17.7 Å². The van der Waals surface area contributed by atoms with E-state index in [-0.39, 0.29) is 41.8 Å². The van der Waals surface area contributed by atoms with E-state index in [1.807, 2.05) is 24.3 Å². The minimum absolute atomic E-state index is 0. The Morgan fingerprint density at radius 2 is 2.08 bits per heavy atom. The zero-order valence-corrected chi connectivity index (χ0v) is 16.8. The van der Waals surface area contributed by atoms with Crippen molar-refractivity contribution in [3.05, 3.63) is 64.4 Å². The first kappa shape index (κ1) is 19.8. The van der Waals surface area contributed by atoms with Gasteiger partial charge in [-0.2, -0.15) is 0 Å². The number of aliphatic imine (C=N–C) groups is 1. The van der Waals surface area contributed by atoms with E-state index in [0.29, 0.717) is 23.1 Å². The maximum absolute atomic E-state index is 13.9. The van der Waals surface area contributed by atoms with Crippen LogP contribution in [-0.4, -0.2) is 19.1 Å². The van der Waals surface area contributed by atoms with Crippen molar-refractivity contribution in [1.82, 2.24) is 5.32 Å². The van der Waals surface area contributed by atoms with E-state index in [1.165, 1.54) is 6.07 Å². The zero-order chi connectivity index (χ0) is 17.1. The van der Waals surface area contributed by atoms with Gasteiger partial charge in [0.25, 0.3) is 0 Å². The number of nitrogens with one attached hydrogen (secondary N) is 1. The molecule has 0 aromatic heterocycles. The molecule has 0 saturated heterocycles. The second kappa shape index (κ2) is 8.71. The lowest BCUT2D eigenvalue weighted by Gasteiger charge is -2.09. The van der Waals surface area contributed by atoms with Crippen molar-refractivity contribution in [2.45, 2.75) is 24.9 Å². The lowest BCUT2D eigenvalue weighted by Crippen LogP contribution is -2.34. The predicted molar refractivity (Wildman–Crippen MR) is 109 cm³/mol. The molecule has 0 unspecified atom stereocenters. The first-order chi connectivity index (χ1) is 11.6. The normalized spacial score (nSPS) is 19.1. The zero-order valence-electron chi connectivity index (χ0n) is 13.7. The molecule has 7 heteroatoms. The molecule has 0 bridgehead atoms. The van der Waals surface area contributed by atoms with Crippen LogP contribution in [0.2, 0.25) is 5.02 Å². The van der Waals surface area contributed by atoms with E-state index in [4.69, 9.17) is 22.1 Å². The van der Waals surface area contributed by atoms with Crippen LogP contribution in [-0.2, 0) is 6.54 Å². The van der Waals surface area contributed by atoms with Crippen LogP contribution in [0.15, 0.2) is 47.5 Å². The summed E-state index contributed by atoms with van der Waals surface area (Å²) < 4.78 is 19.2. The van der Waals surface area contributed by atoms with E-state index in [1.54, 1.807) is 19.2 Å². The lowest BCUT2D eigenvalue weighted by atomic mass is 10.1. The summed E-state index contributed by atoms with van der Waals surface area (Å²) in [6.45, 7) is 0.417. The van der Waals surface area contributed by atoms with E-state index >= 15 is 0 Å². The van der Waals surface area contributed by atoms with Gasteiger partial charge in [0, 0.05) is 28.1 Å². The summed E-state index contributed by atoms with van der Waals surface area (Å²) in [5.74, 6) is 0.859. The molecular formula is C18H20ClFIN3O. The molecule has 0 amide bonds. The fraction of sp³-hybridized carbons (Fsp3) is 0.278. The first-order valence-electron chi connectivity index (χ1n) is 7.72. The Bertz CT molecular complexity index is 751. The fourth-order valence-corrected chi connectivity index (χ4v) is 3.08. The third kappa shape index (κ3) is 4.76. The van der Waals surface area contributed by atoms with Gasteiger partial charge >= 0.3 is 0 Å². The third-order valence-corrected chi connectivity index (χ3v) is 4.44. The Morgan fingerprint density at radius 1 is 1.32 bits per heavy atom. The van der Waals surface area contributed by atoms with Crippen molar-refractivity contribution in [3.63, 3.8) is 0 Å². The van der Waals surface area contributed by atoms with E-state index < -0.39 is 0 Å². The standard InChI is InChI=1S/C18H19ClFN3O.HI/c1-24-16-8-3-2-5-11(16)10-22-18(21)23-15-9-12(15)17-13(19)6-4-7-14(17)20;/h2-8,12,15H,9-10H2,1H3,(H3,21,22,23);1H/t12-,15-;/m1./s1. The highest BCUT2D eigenvalue weighted by Crippen LogP contribution is 2.44. The van der Waals surface area contributed by atoms with Crippen LogP contribution >= 0.6 is 35.6 Å². The molecule has 134 valence electrons. The highest BCUT2D eigenvalue weighted by atomic mass is 127. The number of nitrogens with two attached hydrogens (primary N) is 1. The van der Waals surface area contributed by atoms with Gasteiger partial charge in [0.15, 0.2) is 5.96 Å². The smallest absolute Gasteiger partial charge is 0.189 e. The average molecular weight is 476 g/mol. The Morgan fingerprint density at radius 3 is 2.80 bits per heavy atom. The van der Waals surface area contributed by atoms with Gasteiger partial charge < -0.3 is 15.8 Å². The van der Waals surface area contributed by atoms with Gasteiger partial charge in [0.05, 0.1) is 13.7 Å². The lowest BCUT2D eigenvalue weighted by molar-refractivity contribution is 0.410. The number of ether oxygens (including phenoxy) is 1. The van der Waals surface area contributed by atoms with Crippen molar-refractivity contribution < 1.29 is 9.13 Å². The fourth-order valence-electron chi connectivity index (χ4n) is 2.78.